The second kappa shape index (κ2) is 5.39. The highest BCUT2D eigenvalue weighted by Gasteiger charge is 2.02. The Hall–Kier alpha value is -1.25. The van der Waals surface area contributed by atoms with Crippen molar-refractivity contribution in [2.45, 2.75) is 6.42 Å². The lowest BCUT2D eigenvalue weighted by Crippen LogP contribution is -1.95. The highest BCUT2D eigenvalue weighted by Crippen LogP contribution is 2.23. The van der Waals surface area contributed by atoms with Crippen LogP contribution in [0, 0.1) is 0 Å². The summed E-state index contributed by atoms with van der Waals surface area (Å²) in [7, 11) is 1.89. The molecule has 17 heavy (non-hydrogen) atoms. The van der Waals surface area contributed by atoms with Crippen molar-refractivity contribution in [3.05, 3.63) is 57.8 Å². The van der Waals surface area contributed by atoms with E-state index in [4.69, 9.17) is 23.2 Å². The maximum Gasteiger partial charge on any atom is 0.0595 e. The Balaban J connectivity index is 2.22. The Bertz CT molecular complexity index is 527. The summed E-state index contributed by atoms with van der Waals surface area (Å²) in [6.07, 6.45) is 2.53. The lowest BCUT2D eigenvalue weighted by atomic mass is 10.1. The molecular weight excluding hydrogens is 255 g/mol. The van der Waals surface area contributed by atoms with Crippen LogP contribution in [0.1, 0.15) is 11.3 Å². The van der Waals surface area contributed by atoms with E-state index >= 15 is 0 Å². The minimum Gasteiger partial charge on any atom is -0.388 e. The average molecular weight is 267 g/mol. The van der Waals surface area contributed by atoms with Crippen LogP contribution in [-0.4, -0.2) is 12.0 Å². The van der Waals surface area contributed by atoms with E-state index in [1.807, 2.05) is 31.3 Å². The molecule has 0 saturated heterocycles. The highest BCUT2D eigenvalue weighted by molar-refractivity contribution is 6.42. The maximum absolute atomic E-state index is 5.97. The molecule has 2 aromatic rings. The molecule has 0 bridgehead atoms. The van der Waals surface area contributed by atoms with Crippen molar-refractivity contribution in [3.63, 3.8) is 0 Å². The number of nitrogens with zero attached hydrogens (tertiary/aromatic N) is 1. The fraction of sp³-hybridized carbons (Fsp3) is 0.154. The number of pyridine rings is 1. The summed E-state index contributed by atoms with van der Waals surface area (Å²) in [5.74, 6) is 0. The lowest BCUT2D eigenvalue weighted by molar-refractivity contribution is 1.07. The first-order valence-electron chi connectivity index (χ1n) is 5.25. The van der Waals surface area contributed by atoms with E-state index < -0.39 is 0 Å². The van der Waals surface area contributed by atoms with E-state index in [0.29, 0.717) is 10.0 Å². The number of nitrogens with one attached hydrogen (secondary N) is 1. The Morgan fingerprint density at radius 2 is 1.94 bits per heavy atom. The number of hydrogen-bond acceptors (Lipinski definition) is 2. The Morgan fingerprint density at radius 3 is 2.65 bits per heavy atom. The fourth-order valence-electron chi connectivity index (χ4n) is 1.59. The monoisotopic (exact) mass is 266 g/mol. The molecule has 1 heterocycles. The summed E-state index contributed by atoms with van der Waals surface area (Å²) in [5, 5.41) is 4.24. The van der Waals surface area contributed by atoms with Crippen LogP contribution in [0.3, 0.4) is 0 Å². The molecule has 2 rings (SSSR count). The number of hydrogen-bond donors (Lipinski definition) is 1. The predicted molar refractivity (Wildman–Crippen MR) is 73.1 cm³/mol. The Kier molecular flexibility index (Phi) is 3.87. The molecule has 0 aliphatic heterocycles. The van der Waals surface area contributed by atoms with Crippen LogP contribution in [0.15, 0.2) is 36.5 Å². The van der Waals surface area contributed by atoms with Gasteiger partial charge in [0.1, 0.15) is 0 Å². The molecule has 1 N–H and O–H groups in total. The van der Waals surface area contributed by atoms with Crippen LogP contribution in [0.4, 0.5) is 5.69 Å². The number of rotatable bonds is 3. The SMILES string of the molecule is CNc1ccnc(Cc2ccc(Cl)c(Cl)c2)c1. The molecule has 0 atom stereocenters. The predicted octanol–water partition coefficient (Wildman–Crippen LogP) is 4.02. The van der Waals surface area contributed by atoms with Crippen LogP contribution in [0.5, 0.6) is 0 Å². The lowest BCUT2D eigenvalue weighted by Gasteiger charge is -2.05. The van der Waals surface area contributed by atoms with Crippen LogP contribution >= 0.6 is 23.2 Å². The zero-order valence-electron chi connectivity index (χ0n) is 9.37. The number of benzene rings is 1. The normalized spacial score (nSPS) is 10.3. The van der Waals surface area contributed by atoms with Gasteiger partial charge in [0.05, 0.1) is 10.0 Å². The largest absolute Gasteiger partial charge is 0.388 e. The quantitative estimate of drug-likeness (QED) is 0.908. The Labute approximate surface area is 111 Å². The minimum absolute atomic E-state index is 0.576. The molecule has 1 aromatic carbocycles. The first-order valence-corrected chi connectivity index (χ1v) is 6.01. The second-order valence-electron chi connectivity index (χ2n) is 3.71. The first-order chi connectivity index (χ1) is 8.19. The molecule has 88 valence electrons. The van der Waals surface area contributed by atoms with Gasteiger partial charge >= 0.3 is 0 Å². The summed E-state index contributed by atoms with van der Waals surface area (Å²) in [6, 6.07) is 9.58. The van der Waals surface area contributed by atoms with E-state index in [1.54, 1.807) is 12.3 Å². The summed E-state index contributed by atoms with van der Waals surface area (Å²) in [5.41, 5.74) is 3.14. The van der Waals surface area contributed by atoms with Gasteiger partial charge < -0.3 is 5.32 Å². The highest BCUT2D eigenvalue weighted by atomic mass is 35.5. The molecule has 0 aliphatic carbocycles. The van der Waals surface area contributed by atoms with Gasteiger partial charge in [0.2, 0.25) is 0 Å². The molecule has 0 radical (unpaired) electrons. The van der Waals surface area contributed by atoms with E-state index in [0.717, 1.165) is 23.4 Å². The van der Waals surface area contributed by atoms with E-state index in [1.165, 1.54) is 0 Å². The summed E-state index contributed by atoms with van der Waals surface area (Å²) in [6.45, 7) is 0. The standard InChI is InChI=1S/C13H12Cl2N2/c1-16-10-4-5-17-11(8-10)6-9-2-3-12(14)13(15)7-9/h2-5,7-8H,6H2,1H3,(H,16,17). The molecule has 2 nitrogen and oxygen atoms in total. The average Bonchev–Trinajstić information content (AvgIpc) is 2.34. The van der Waals surface area contributed by atoms with Crippen LogP contribution in [0.25, 0.3) is 0 Å². The summed E-state index contributed by atoms with van der Waals surface area (Å²) >= 11 is 11.8. The fourth-order valence-corrected chi connectivity index (χ4v) is 1.91. The third kappa shape index (κ3) is 3.11. The number of aromatic nitrogens is 1. The molecule has 0 amide bonds. The minimum atomic E-state index is 0.576. The Morgan fingerprint density at radius 1 is 1.12 bits per heavy atom. The third-order valence-electron chi connectivity index (χ3n) is 2.47. The van der Waals surface area contributed by atoms with Gasteiger partial charge in [-0.25, -0.2) is 0 Å². The van der Waals surface area contributed by atoms with Crippen LogP contribution < -0.4 is 5.32 Å². The molecule has 0 aliphatic rings. The molecule has 0 saturated carbocycles. The first kappa shape index (κ1) is 12.2. The van der Waals surface area contributed by atoms with Gasteiger partial charge in [-0.3, -0.25) is 4.98 Å². The number of anilines is 1. The van der Waals surface area contributed by atoms with Gasteiger partial charge in [-0.1, -0.05) is 29.3 Å². The molecule has 0 fully saturated rings. The van der Waals surface area contributed by atoms with Crippen LogP contribution in [-0.2, 0) is 6.42 Å². The van der Waals surface area contributed by atoms with E-state index in [9.17, 15) is 0 Å². The molecule has 0 unspecified atom stereocenters. The molecule has 0 spiro atoms. The van der Waals surface area contributed by atoms with Gasteiger partial charge in [0, 0.05) is 31.0 Å². The van der Waals surface area contributed by atoms with Crippen molar-refractivity contribution in [2.75, 3.05) is 12.4 Å². The topological polar surface area (TPSA) is 24.9 Å². The van der Waals surface area contributed by atoms with E-state index in [-0.39, 0.29) is 0 Å². The third-order valence-corrected chi connectivity index (χ3v) is 3.21. The van der Waals surface area contributed by atoms with E-state index in [2.05, 4.69) is 10.3 Å². The van der Waals surface area contributed by atoms with Crippen molar-refractivity contribution < 1.29 is 0 Å². The smallest absolute Gasteiger partial charge is 0.0595 e. The zero-order chi connectivity index (χ0) is 12.3. The van der Waals surface area contributed by atoms with Crippen molar-refractivity contribution >= 4 is 28.9 Å². The van der Waals surface area contributed by atoms with Crippen molar-refractivity contribution in [2.24, 2.45) is 0 Å². The molecule has 1 aromatic heterocycles. The summed E-state index contributed by atoms with van der Waals surface area (Å²) in [4.78, 5) is 4.32. The second-order valence-corrected chi connectivity index (χ2v) is 4.53. The van der Waals surface area contributed by atoms with Crippen molar-refractivity contribution in [3.8, 4) is 0 Å². The van der Waals surface area contributed by atoms with Gasteiger partial charge in [-0.15, -0.1) is 0 Å². The summed E-state index contributed by atoms with van der Waals surface area (Å²) < 4.78 is 0. The molecule has 4 heteroatoms. The van der Waals surface area contributed by atoms with Crippen molar-refractivity contribution in [1.29, 1.82) is 0 Å². The maximum atomic E-state index is 5.97. The van der Waals surface area contributed by atoms with Gasteiger partial charge in [-0.2, -0.15) is 0 Å². The van der Waals surface area contributed by atoms with Gasteiger partial charge in [0.25, 0.3) is 0 Å². The van der Waals surface area contributed by atoms with Crippen LogP contribution in [0.2, 0.25) is 10.0 Å². The van der Waals surface area contributed by atoms with Crippen molar-refractivity contribution in [1.82, 2.24) is 4.98 Å². The van der Waals surface area contributed by atoms with Gasteiger partial charge in [0.15, 0.2) is 0 Å². The van der Waals surface area contributed by atoms with Gasteiger partial charge in [-0.05, 0) is 29.8 Å². The number of halogens is 2. The zero-order valence-corrected chi connectivity index (χ0v) is 10.9. The molecular formula is C13H12Cl2N2.